The summed E-state index contributed by atoms with van der Waals surface area (Å²) in [4.78, 5) is 20.9. The number of benzene rings is 1. The lowest BCUT2D eigenvalue weighted by Crippen LogP contribution is -2.23. The summed E-state index contributed by atoms with van der Waals surface area (Å²) in [7, 11) is 0. The van der Waals surface area contributed by atoms with Crippen molar-refractivity contribution in [3.8, 4) is 11.3 Å². The first-order chi connectivity index (χ1) is 12.2. The van der Waals surface area contributed by atoms with Crippen LogP contribution in [0.4, 0.5) is 0 Å². The summed E-state index contributed by atoms with van der Waals surface area (Å²) in [6, 6.07) is 13.5. The standard InChI is InChI=1S/C19H16N4O2/c1-13-8-9-20-18-17(22-12-23(13)18)19(24)21-11-14-4-6-15(7-5-14)16-3-2-10-25-16/h2-10,12H,11H2,1H3,(H,21,24). The number of carbonyl (C=O) groups is 1. The Labute approximate surface area is 144 Å². The molecule has 0 spiro atoms. The lowest BCUT2D eigenvalue weighted by atomic mass is 10.1. The zero-order valence-corrected chi connectivity index (χ0v) is 13.6. The van der Waals surface area contributed by atoms with E-state index in [1.807, 2.05) is 49.4 Å². The molecule has 0 aliphatic rings. The molecule has 0 atom stereocenters. The molecule has 6 nitrogen and oxygen atoms in total. The van der Waals surface area contributed by atoms with E-state index in [1.54, 1.807) is 23.2 Å². The van der Waals surface area contributed by atoms with Crippen LogP contribution < -0.4 is 5.32 Å². The fraction of sp³-hybridized carbons (Fsp3) is 0.105. The molecule has 4 rings (SSSR count). The number of fused-ring (bicyclic) bond motifs is 1. The van der Waals surface area contributed by atoms with E-state index >= 15 is 0 Å². The smallest absolute Gasteiger partial charge is 0.274 e. The molecule has 1 aromatic carbocycles. The molecule has 124 valence electrons. The maximum absolute atomic E-state index is 12.4. The molecule has 3 aromatic heterocycles. The predicted molar refractivity (Wildman–Crippen MR) is 93.0 cm³/mol. The summed E-state index contributed by atoms with van der Waals surface area (Å²) in [5, 5.41) is 2.89. The Morgan fingerprint density at radius 3 is 2.76 bits per heavy atom. The van der Waals surface area contributed by atoms with Gasteiger partial charge in [0.25, 0.3) is 5.91 Å². The molecule has 4 aromatic rings. The molecular formula is C19H16N4O2. The topological polar surface area (TPSA) is 72.4 Å². The molecule has 1 N–H and O–H groups in total. The van der Waals surface area contributed by atoms with Crippen LogP contribution in [0.2, 0.25) is 0 Å². The molecule has 0 aliphatic carbocycles. The number of rotatable bonds is 4. The van der Waals surface area contributed by atoms with Crippen molar-refractivity contribution < 1.29 is 9.21 Å². The molecule has 0 saturated carbocycles. The van der Waals surface area contributed by atoms with Gasteiger partial charge in [-0.25, -0.2) is 9.97 Å². The third kappa shape index (κ3) is 2.89. The van der Waals surface area contributed by atoms with Crippen LogP contribution >= 0.6 is 0 Å². The summed E-state index contributed by atoms with van der Waals surface area (Å²) in [6.07, 6.45) is 4.94. The monoisotopic (exact) mass is 332 g/mol. The molecule has 0 saturated heterocycles. The van der Waals surface area contributed by atoms with Gasteiger partial charge in [-0.2, -0.15) is 0 Å². The molecule has 1 amide bonds. The fourth-order valence-corrected chi connectivity index (χ4v) is 2.68. The SMILES string of the molecule is Cc1ccnc2c(C(=O)NCc3ccc(-c4ccco4)cc3)ncn12. The molecule has 0 fully saturated rings. The van der Waals surface area contributed by atoms with Crippen molar-refractivity contribution in [2.45, 2.75) is 13.5 Å². The van der Waals surface area contributed by atoms with Gasteiger partial charge in [-0.3, -0.25) is 9.20 Å². The van der Waals surface area contributed by atoms with Crippen LogP contribution in [0.5, 0.6) is 0 Å². The zero-order valence-electron chi connectivity index (χ0n) is 13.6. The van der Waals surface area contributed by atoms with Gasteiger partial charge in [0, 0.05) is 24.0 Å². The molecule has 6 heteroatoms. The van der Waals surface area contributed by atoms with Crippen molar-refractivity contribution in [2.75, 3.05) is 0 Å². The second kappa shape index (κ2) is 6.24. The number of nitrogens with one attached hydrogen (secondary N) is 1. The van der Waals surface area contributed by atoms with Gasteiger partial charge in [-0.1, -0.05) is 24.3 Å². The maximum Gasteiger partial charge on any atom is 0.274 e. The van der Waals surface area contributed by atoms with E-state index in [-0.39, 0.29) is 5.91 Å². The van der Waals surface area contributed by atoms with Crippen LogP contribution in [-0.2, 0) is 6.54 Å². The Hall–Kier alpha value is -3.41. The average Bonchev–Trinajstić information content (AvgIpc) is 3.30. The van der Waals surface area contributed by atoms with Gasteiger partial charge < -0.3 is 9.73 Å². The van der Waals surface area contributed by atoms with Gasteiger partial charge in [-0.15, -0.1) is 0 Å². The van der Waals surface area contributed by atoms with E-state index in [1.165, 1.54) is 0 Å². The Morgan fingerprint density at radius 2 is 2.00 bits per heavy atom. The quantitative estimate of drug-likeness (QED) is 0.623. The van der Waals surface area contributed by atoms with Gasteiger partial charge in [0.05, 0.1) is 6.26 Å². The summed E-state index contributed by atoms with van der Waals surface area (Å²) < 4.78 is 7.17. The number of carbonyl (C=O) groups excluding carboxylic acids is 1. The van der Waals surface area contributed by atoms with Gasteiger partial charge in [0.15, 0.2) is 11.3 Å². The Balaban J connectivity index is 1.47. The molecule has 0 unspecified atom stereocenters. The maximum atomic E-state index is 12.4. The Kier molecular flexibility index (Phi) is 3.78. The molecule has 3 heterocycles. The summed E-state index contributed by atoms with van der Waals surface area (Å²) >= 11 is 0. The Bertz CT molecular complexity index is 1020. The van der Waals surface area contributed by atoms with Gasteiger partial charge in [-0.05, 0) is 30.7 Å². The predicted octanol–water partition coefficient (Wildman–Crippen LogP) is 3.23. The largest absolute Gasteiger partial charge is 0.464 e. The van der Waals surface area contributed by atoms with E-state index in [0.29, 0.717) is 17.9 Å². The van der Waals surface area contributed by atoms with E-state index in [9.17, 15) is 4.79 Å². The number of hydrogen-bond acceptors (Lipinski definition) is 4. The normalized spacial score (nSPS) is 10.9. The molecule has 25 heavy (non-hydrogen) atoms. The fourth-order valence-electron chi connectivity index (χ4n) is 2.68. The van der Waals surface area contributed by atoms with Crippen molar-refractivity contribution in [1.29, 1.82) is 0 Å². The Morgan fingerprint density at radius 1 is 1.16 bits per heavy atom. The number of amides is 1. The van der Waals surface area contributed by atoms with Crippen molar-refractivity contribution in [3.63, 3.8) is 0 Å². The number of imidazole rings is 1. The third-order valence-electron chi connectivity index (χ3n) is 4.06. The zero-order chi connectivity index (χ0) is 17.2. The van der Waals surface area contributed by atoms with Crippen LogP contribution in [0.25, 0.3) is 17.0 Å². The van der Waals surface area contributed by atoms with E-state index in [4.69, 9.17) is 4.42 Å². The molecular weight excluding hydrogens is 316 g/mol. The van der Waals surface area contributed by atoms with E-state index in [2.05, 4.69) is 15.3 Å². The van der Waals surface area contributed by atoms with Gasteiger partial charge >= 0.3 is 0 Å². The van der Waals surface area contributed by atoms with Gasteiger partial charge in [0.2, 0.25) is 0 Å². The van der Waals surface area contributed by atoms with E-state index < -0.39 is 0 Å². The van der Waals surface area contributed by atoms with Crippen molar-refractivity contribution in [1.82, 2.24) is 19.7 Å². The van der Waals surface area contributed by atoms with Crippen LogP contribution in [0.1, 0.15) is 21.7 Å². The molecule has 0 aliphatic heterocycles. The highest BCUT2D eigenvalue weighted by Crippen LogP contribution is 2.20. The minimum Gasteiger partial charge on any atom is -0.464 e. The van der Waals surface area contributed by atoms with Crippen LogP contribution in [0, 0.1) is 6.92 Å². The number of aryl methyl sites for hydroxylation is 1. The van der Waals surface area contributed by atoms with Crippen LogP contribution in [-0.4, -0.2) is 20.3 Å². The van der Waals surface area contributed by atoms with Crippen molar-refractivity contribution >= 4 is 11.6 Å². The number of furan rings is 1. The first-order valence-corrected chi connectivity index (χ1v) is 7.92. The average molecular weight is 332 g/mol. The minimum absolute atomic E-state index is 0.240. The summed E-state index contributed by atoms with van der Waals surface area (Å²) in [5.74, 6) is 0.581. The highest BCUT2D eigenvalue weighted by molar-refractivity contribution is 5.97. The highest BCUT2D eigenvalue weighted by Gasteiger charge is 2.14. The van der Waals surface area contributed by atoms with Crippen LogP contribution in [0.3, 0.4) is 0 Å². The number of aromatic nitrogens is 3. The third-order valence-corrected chi connectivity index (χ3v) is 4.06. The number of hydrogen-bond donors (Lipinski definition) is 1. The first kappa shape index (κ1) is 15.1. The second-order valence-corrected chi connectivity index (χ2v) is 5.73. The second-order valence-electron chi connectivity index (χ2n) is 5.73. The summed E-state index contributed by atoms with van der Waals surface area (Å²) in [6.45, 7) is 2.36. The lowest BCUT2D eigenvalue weighted by molar-refractivity contribution is 0.0948. The van der Waals surface area contributed by atoms with Crippen molar-refractivity contribution in [2.24, 2.45) is 0 Å². The van der Waals surface area contributed by atoms with Crippen LogP contribution in [0.15, 0.2) is 65.7 Å². The first-order valence-electron chi connectivity index (χ1n) is 7.92. The minimum atomic E-state index is -0.240. The molecule has 0 bridgehead atoms. The van der Waals surface area contributed by atoms with E-state index in [0.717, 1.165) is 22.6 Å². The highest BCUT2D eigenvalue weighted by atomic mass is 16.3. The van der Waals surface area contributed by atoms with Crippen molar-refractivity contribution in [3.05, 3.63) is 78.2 Å². The molecule has 0 radical (unpaired) electrons. The van der Waals surface area contributed by atoms with Gasteiger partial charge in [0.1, 0.15) is 12.1 Å². The lowest BCUT2D eigenvalue weighted by Gasteiger charge is -2.05. The summed E-state index contributed by atoms with van der Waals surface area (Å²) in [5.41, 5.74) is 3.86. The number of nitrogens with zero attached hydrogens (tertiary/aromatic N) is 3.